The average molecular weight is 260 g/mol. The molecule has 1 aromatic carbocycles. The molecule has 0 radical (unpaired) electrons. The minimum absolute atomic E-state index is 0.0935. The van der Waals surface area contributed by atoms with Gasteiger partial charge in [0.2, 0.25) is 0 Å². The van der Waals surface area contributed by atoms with Gasteiger partial charge in [-0.05, 0) is 54.7 Å². The average Bonchev–Trinajstić information content (AvgIpc) is 2.33. The largest absolute Gasteiger partial charge is 0.395 e. The smallest absolute Gasteiger partial charge is 0.0535 e. The Morgan fingerprint density at radius 1 is 1.21 bits per heavy atom. The van der Waals surface area contributed by atoms with Gasteiger partial charge in [-0.15, -0.1) is 0 Å². The molecule has 0 unspecified atom stereocenters. The van der Waals surface area contributed by atoms with E-state index >= 15 is 0 Å². The number of hydrogen-bond acceptors (Lipinski definition) is 1. The number of hydrogen-bond donors (Lipinski definition) is 1. The van der Waals surface area contributed by atoms with Crippen LogP contribution in [0.4, 0.5) is 0 Å². The molecular formula is C18H28O. The van der Waals surface area contributed by atoms with Crippen molar-refractivity contribution in [2.75, 3.05) is 6.61 Å². The lowest BCUT2D eigenvalue weighted by molar-refractivity contribution is -0.00723. The Morgan fingerprint density at radius 2 is 1.89 bits per heavy atom. The summed E-state index contributed by atoms with van der Waals surface area (Å²) in [4.78, 5) is 0. The van der Waals surface area contributed by atoms with Crippen LogP contribution in [0.15, 0.2) is 18.2 Å². The zero-order valence-corrected chi connectivity index (χ0v) is 13.1. The zero-order valence-electron chi connectivity index (χ0n) is 13.1. The molecule has 1 fully saturated rings. The van der Waals surface area contributed by atoms with Crippen LogP contribution in [-0.4, -0.2) is 11.7 Å². The Labute approximate surface area is 118 Å². The molecule has 1 aliphatic carbocycles. The summed E-state index contributed by atoms with van der Waals surface area (Å²) >= 11 is 0. The lowest BCUT2D eigenvalue weighted by Crippen LogP contribution is -2.52. The predicted octanol–water partition coefficient (Wildman–Crippen LogP) is 4.38. The van der Waals surface area contributed by atoms with Gasteiger partial charge < -0.3 is 5.11 Å². The minimum Gasteiger partial charge on any atom is -0.395 e. The quantitative estimate of drug-likeness (QED) is 0.836. The maximum atomic E-state index is 10.3. The highest BCUT2D eigenvalue weighted by molar-refractivity contribution is 5.37. The van der Waals surface area contributed by atoms with Crippen molar-refractivity contribution < 1.29 is 5.11 Å². The molecule has 1 nitrogen and oxygen atoms in total. The van der Waals surface area contributed by atoms with Gasteiger partial charge in [-0.3, -0.25) is 0 Å². The summed E-state index contributed by atoms with van der Waals surface area (Å²) in [6, 6.07) is 6.75. The fourth-order valence-corrected chi connectivity index (χ4v) is 4.14. The molecule has 0 aromatic heterocycles. The van der Waals surface area contributed by atoms with Crippen LogP contribution in [0.3, 0.4) is 0 Å². The molecular weight excluding hydrogens is 232 g/mol. The van der Waals surface area contributed by atoms with Gasteiger partial charge in [-0.25, -0.2) is 0 Å². The number of benzene rings is 1. The van der Waals surface area contributed by atoms with Gasteiger partial charge in [-0.1, -0.05) is 45.4 Å². The number of aliphatic hydroxyl groups is 1. The molecule has 1 aromatic rings. The van der Waals surface area contributed by atoms with Crippen molar-refractivity contribution in [3.8, 4) is 0 Å². The summed E-state index contributed by atoms with van der Waals surface area (Å²) in [5.41, 5.74) is 4.05. The second-order valence-electron chi connectivity index (χ2n) is 7.11. The van der Waals surface area contributed by atoms with Gasteiger partial charge >= 0.3 is 0 Å². The highest BCUT2D eigenvalue weighted by atomic mass is 16.3. The van der Waals surface area contributed by atoms with Crippen LogP contribution in [0.1, 0.15) is 56.7 Å². The van der Waals surface area contributed by atoms with Crippen LogP contribution in [0.2, 0.25) is 0 Å². The van der Waals surface area contributed by atoms with Crippen molar-refractivity contribution in [3.63, 3.8) is 0 Å². The highest BCUT2D eigenvalue weighted by Gasteiger charge is 2.51. The van der Waals surface area contributed by atoms with Crippen molar-refractivity contribution in [3.05, 3.63) is 34.9 Å². The van der Waals surface area contributed by atoms with E-state index in [1.54, 1.807) is 0 Å². The van der Waals surface area contributed by atoms with Gasteiger partial charge in [0.15, 0.2) is 0 Å². The highest BCUT2D eigenvalue weighted by Crippen LogP contribution is 2.54. The van der Waals surface area contributed by atoms with E-state index in [2.05, 4.69) is 52.8 Å². The summed E-state index contributed by atoms with van der Waals surface area (Å²) in [7, 11) is 0. The molecule has 2 rings (SSSR count). The molecule has 1 aliphatic rings. The first-order chi connectivity index (χ1) is 8.85. The third kappa shape index (κ3) is 2.12. The lowest BCUT2D eigenvalue weighted by atomic mass is 9.51. The van der Waals surface area contributed by atoms with Crippen LogP contribution in [0, 0.1) is 25.2 Å². The number of aliphatic hydroxyl groups excluding tert-OH is 1. The van der Waals surface area contributed by atoms with E-state index in [1.807, 2.05) is 0 Å². The first-order valence-corrected chi connectivity index (χ1v) is 7.54. The summed E-state index contributed by atoms with van der Waals surface area (Å²) < 4.78 is 0. The van der Waals surface area contributed by atoms with E-state index in [1.165, 1.54) is 36.0 Å². The Bertz CT molecular complexity index is 461. The van der Waals surface area contributed by atoms with Gasteiger partial charge in [0.1, 0.15) is 0 Å². The van der Waals surface area contributed by atoms with Crippen molar-refractivity contribution in [2.24, 2.45) is 11.3 Å². The second-order valence-corrected chi connectivity index (χ2v) is 7.11. The molecule has 0 amide bonds. The summed E-state index contributed by atoms with van der Waals surface area (Å²) in [6.45, 7) is 11.5. The predicted molar refractivity (Wildman–Crippen MR) is 81.5 cm³/mol. The maximum Gasteiger partial charge on any atom is 0.0535 e. The molecule has 0 saturated heterocycles. The zero-order chi connectivity index (χ0) is 14.3. The van der Waals surface area contributed by atoms with Crippen LogP contribution < -0.4 is 0 Å². The third-order valence-electron chi connectivity index (χ3n) is 5.76. The van der Waals surface area contributed by atoms with E-state index in [-0.39, 0.29) is 17.4 Å². The molecule has 2 atom stereocenters. The van der Waals surface area contributed by atoms with E-state index < -0.39 is 0 Å². The molecule has 0 bridgehead atoms. The molecule has 0 aliphatic heterocycles. The number of aryl methyl sites for hydroxylation is 2. The molecule has 1 heteroatoms. The summed E-state index contributed by atoms with van der Waals surface area (Å²) in [6.07, 6.45) is 3.70. The minimum atomic E-state index is -0.0935. The van der Waals surface area contributed by atoms with E-state index in [0.29, 0.717) is 5.92 Å². The van der Waals surface area contributed by atoms with Crippen molar-refractivity contribution >= 4 is 0 Å². The first-order valence-electron chi connectivity index (χ1n) is 7.54. The van der Waals surface area contributed by atoms with E-state index in [4.69, 9.17) is 0 Å². The number of rotatable bonds is 2. The lowest BCUT2D eigenvalue weighted by Gasteiger charge is -2.54. The molecule has 0 spiro atoms. The van der Waals surface area contributed by atoms with E-state index in [0.717, 1.165) is 0 Å². The molecule has 1 N–H and O–H groups in total. The second kappa shape index (κ2) is 4.94. The van der Waals surface area contributed by atoms with Crippen molar-refractivity contribution in [1.82, 2.24) is 0 Å². The fourth-order valence-electron chi connectivity index (χ4n) is 4.14. The summed E-state index contributed by atoms with van der Waals surface area (Å²) in [5, 5.41) is 10.3. The maximum absolute atomic E-state index is 10.3. The standard InChI is InChI=1S/C18H28O/c1-13-8-9-16(11-14(13)2)18(12-19)15(3)7-6-10-17(18,4)5/h8-9,11,15,19H,6-7,10,12H2,1-5H3/t15-,18-/m0/s1. The van der Waals surface area contributed by atoms with Crippen LogP contribution in [0.25, 0.3) is 0 Å². The Morgan fingerprint density at radius 3 is 2.42 bits per heavy atom. The monoisotopic (exact) mass is 260 g/mol. The SMILES string of the molecule is Cc1ccc([C@]2(CO)[C@@H](C)CCCC2(C)C)cc1C. The van der Waals surface area contributed by atoms with Gasteiger partial charge in [0.25, 0.3) is 0 Å². The van der Waals surface area contributed by atoms with Gasteiger partial charge in [0, 0.05) is 5.41 Å². The van der Waals surface area contributed by atoms with Crippen LogP contribution in [-0.2, 0) is 5.41 Å². The third-order valence-corrected chi connectivity index (χ3v) is 5.76. The fraction of sp³-hybridized carbons (Fsp3) is 0.667. The van der Waals surface area contributed by atoms with Gasteiger partial charge in [0.05, 0.1) is 6.61 Å². The van der Waals surface area contributed by atoms with Crippen LogP contribution in [0.5, 0.6) is 0 Å². The summed E-state index contributed by atoms with van der Waals surface area (Å²) in [5.74, 6) is 0.531. The Kier molecular flexibility index (Phi) is 3.79. The molecule has 1 saturated carbocycles. The van der Waals surface area contributed by atoms with Crippen LogP contribution >= 0.6 is 0 Å². The first kappa shape index (κ1) is 14.6. The van der Waals surface area contributed by atoms with E-state index in [9.17, 15) is 5.11 Å². The molecule has 0 heterocycles. The van der Waals surface area contributed by atoms with Crippen molar-refractivity contribution in [2.45, 2.75) is 59.3 Å². The molecule has 106 valence electrons. The Balaban J connectivity index is 2.59. The topological polar surface area (TPSA) is 20.2 Å². The van der Waals surface area contributed by atoms with Gasteiger partial charge in [-0.2, -0.15) is 0 Å². The molecule has 19 heavy (non-hydrogen) atoms. The Hall–Kier alpha value is -0.820. The van der Waals surface area contributed by atoms with Crippen molar-refractivity contribution in [1.29, 1.82) is 0 Å². The normalized spacial score (nSPS) is 30.3.